The van der Waals surface area contributed by atoms with Crippen LogP contribution in [0.1, 0.15) is 49.7 Å². The summed E-state index contributed by atoms with van der Waals surface area (Å²) >= 11 is 3.71. The van der Waals surface area contributed by atoms with E-state index in [-0.39, 0.29) is 22.4 Å². The molecule has 2 N–H and O–H groups in total. The van der Waals surface area contributed by atoms with Gasteiger partial charge in [-0.05, 0) is 95.3 Å². The minimum Gasteiger partial charge on any atom is -0.493 e. The third-order valence-electron chi connectivity index (χ3n) is 10.2. The van der Waals surface area contributed by atoms with Gasteiger partial charge in [0.05, 0.1) is 31.2 Å². The molecular formula is C28H33BrN6O3. The number of hydrogen-bond donors (Lipinski definition) is 2. The fourth-order valence-electron chi connectivity index (χ4n) is 9.37. The van der Waals surface area contributed by atoms with Gasteiger partial charge in [-0.2, -0.15) is 0 Å². The zero-order valence-electron chi connectivity index (χ0n) is 21.4. The summed E-state index contributed by atoms with van der Waals surface area (Å²) in [7, 11) is 0. The third-order valence-corrected chi connectivity index (χ3v) is 10.8. The number of aromatic hydroxyl groups is 1. The molecule has 38 heavy (non-hydrogen) atoms. The van der Waals surface area contributed by atoms with Gasteiger partial charge in [0, 0.05) is 30.3 Å². The molecule has 0 amide bonds. The molecule has 8 aliphatic rings. The highest BCUT2D eigenvalue weighted by Crippen LogP contribution is 2.61. The molecular weight excluding hydrogens is 548 g/mol. The Labute approximate surface area is 229 Å². The van der Waals surface area contributed by atoms with Gasteiger partial charge in [-0.1, -0.05) is 6.07 Å². The Balaban J connectivity index is 1.15. The first-order valence-corrected chi connectivity index (χ1v) is 14.7. The molecule has 1 aromatic carbocycles. The van der Waals surface area contributed by atoms with E-state index in [1.54, 1.807) is 0 Å². The van der Waals surface area contributed by atoms with E-state index in [0.717, 1.165) is 61.9 Å². The maximum Gasteiger partial charge on any atom is 0.335 e. The van der Waals surface area contributed by atoms with E-state index in [2.05, 4.69) is 47.7 Å². The van der Waals surface area contributed by atoms with Gasteiger partial charge in [-0.15, -0.1) is 0 Å². The number of rotatable bonds is 4. The summed E-state index contributed by atoms with van der Waals surface area (Å²) in [6.45, 7) is 5.30. The summed E-state index contributed by atoms with van der Waals surface area (Å²) in [5.74, 6) is 2.14. The van der Waals surface area contributed by atoms with Crippen LogP contribution in [0.5, 0.6) is 5.88 Å². The average molecular weight is 582 g/mol. The predicted octanol–water partition coefficient (Wildman–Crippen LogP) is 2.44. The van der Waals surface area contributed by atoms with Crippen molar-refractivity contribution in [3.8, 4) is 11.6 Å². The molecule has 0 atom stereocenters. The van der Waals surface area contributed by atoms with Crippen molar-refractivity contribution in [3.05, 3.63) is 54.6 Å². The number of hydrogen-bond acceptors (Lipinski definition) is 7. The van der Waals surface area contributed by atoms with Crippen molar-refractivity contribution in [1.29, 1.82) is 0 Å². The van der Waals surface area contributed by atoms with Crippen molar-refractivity contribution in [2.75, 3.05) is 39.6 Å². The predicted molar refractivity (Wildman–Crippen MR) is 147 cm³/mol. The Morgan fingerprint density at radius 1 is 0.947 bits per heavy atom. The molecule has 8 fully saturated rings. The minimum absolute atomic E-state index is 0.0115. The van der Waals surface area contributed by atoms with Crippen molar-refractivity contribution < 1.29 is 5.11 Å². The van der Waals surface area contributed by atoms with E-state index in [4.69, 9.17) is 4.99 Å². The molecule has 4 saturated carbocycles. The standard InChI is InChI=1S/C28H33BrN6O3/c29-22-6-20(27-7-17-3-18(8-27)5-19(4-17)9-27)1-2-23(22)35-25(37)21(24(36)31-26(35)38)10-30-28-11-32-14-33(12-28)16-34(13-28)15-32/h1-2,6,10,17-19,37H,3-5,7-9,11-16H2,(H,31,36,38). The van der Waals surface area contributed by atoms with Crippen molar-refractivity contribution in [2.24, 2.45) is 22.7 Å². The Morgan fingerprint density at radius 2 is 1.53 bits per heavy atom. The van der Waals surface area contributed by atoms with Gasteiger partial charge in [-0.25, -0.2) is 9.36 Å². The number of aromatic nitrogens is 2. The lowest BCUT2D eigenvalue weighted by atomic mass is 9.48. The molecule has 0 radical (unpaired) electrons. The first-order chi connectivity index (χ1) is 18.3. The second kappa shape index (κ2) is 8.13. The van der Waals surface area contributed by atoms with Crippen molar-refractivity contribution in [2.45, 2.75) is 49.5 Å². The van der Waals surface area contributed by atoms with Crippen LogP contribution in [0.4, 0.5) is 0 Å². The summed E-state index contributed by atoms with van der Waals surface area (Å²) < 4.78 is 1.93. The lowest BCUT2D eigenvalue weighted by molar-refractivity contribution is -0.139. The van der Waals surface area contributed by atoms with Gasteiger partial charge in [0.1, 0.15) is 5.56 Å². The highest BCUT2D eigenvalue weighted by molar-refractivity contribution is 9.10. The summed E-state index contributed by atoms with van der Waals surface area (Å²) in [4.78, 5) is 40.1. The second-order valence-electron chi connectivity index (χ2n) is 13.1. The number of nitrogens with one attached hydrogen (secondary N) is 1. The fraction of sp³-hybridized carbons (Fsp3) is 0.607. The SMILES string of the molecule is O=c1[nH]c(=O)n(-c2ccc(C34CC5CC(CC(C5)C3)C4)cc2Br)c(O)c1C=NC12CN3CN(CN(C3)C1)C2. The third kappa shape index (κ3) is 3.56. The molecule has 1 aromatic heterocycles. The number of aliphatic imine (C=N–C) groups is 1. The zero-order valence-corrected chi connectivity index (χ0v) is 23.0. The Morgan fingerprint density at radius 3 is 2.08 bits per heavy atom. The maximum atomic E-state index is 13.0. The first kappa shape index (κ1) is 23.6. The van der Waals surface area contributed by atoms with Crippen LogP contribution in [0.15, 0.2) is 37.3 Å². The maximum absolute atomic E-state index is 13.0. The van der Waals surface area contributed by atoms with E-state index in [0.29, 0.717) is 5.69 Å². The van der Waals surface area contributed by atoms with E-state index < -0.39 is 11.2 Å². The number of benzene rings is 1. The summed E-state index contributed by atoms with van der Waals surface area (Å²) in [6, 6.07) is 6.18. The lowest BCUT2D eigenvalue weighted by Crippen LogP contribution is -2.75. The Bertz CT molecular complexity index is 1410. The first-order valence-electron chi connectivity index (χ1n) is 13.9. The summed E-state index contributed by atoms with van der Waals surface area (Å²) in [5.41, 5.74) is 0.459. The molecule has 4 aliphatic heterocycles. The van der Waals surface area contributed by atoms with E-state index >= 15 is 0 Å². The molecule has 8 bridgehead atoms. The van der Waals surface area contributed by atoms with Crippen LogP contribution in [0.3, 0.4) is 0 Å². The van der Waals surface area contributed by atoms with Gasteiger partial charge in [0.25, 0.3) is 5.56 Å². The van der Waals surface area contributed by atoms with Gasteiger partial charge in [0.2, 0.25) is 5.88 Å². The number of aromatic amines is 1. The fourth-order valence-corrected chi connectivity index (χ4v) is 9.92. The van der Waals surface area contributed by atoms with Crippen molar-refractivity contribution in [1.82, 2.24) is 24.3 Å². The van der Waals surface area contributed by atoms with Crippen molar-refractivity contribution >= 4 is 22.1 Å². The smallest absolute Gasteiger partial charge is 0.335 e. The van der Waals surface area contributed by atoms with Crippen molar-refractivity contribution in [3.63, 3.8) is 0 Å². The van der Waals surface area contributed by atoms with Crippen LogP contribution in [0, 0.1) is 17.8 Å². The van der Waals surface area contributed by atoms with Crippen LogP contribution in [-0.2, 0) is 5.41 Å². The van der Waals surface area contributed by atoms with Gasteiger partial charge < -0.3 is 5.11 Å². The molecule has 4 saturated heterocycles. The minimum atomic E-state index is -0.661. The normalized spacial score (nSPS) is 40.4. The molecule has 2 aromatic rings. The lowest BCUT2D eigenvalue weighted by Gasteiger charge is -2.59. The van der Waals surface area contributed by atoms with Gasteiger partial charge >= 0.3 is 5.69 Å². The average Bonchev–Trinajstić information content (AvgIpc) is 2.83. The molecule has 10 rings (SSSR count). The van der Waals surface area contributed by atoms with Gasteiger partial charge in [0.15, 0.2) is 0 Å². The van der Waals surface area contributed by atoms with E-state index in [1.807, 2.05) is 6.07 Å². The molecule has 9 nitrogen and oxygen atoms in total. The number of halogens is 1. The molecule has 0 spiro atoms. The van der Waals surface area contributed by atoms with Crippen LogP contribution in [0.2, 0.25) is 0 Å². The highest BCUT2D eigenvalue weighted by Gasteiger charge is 2.52. The van der Waals surface area contributed by atoms with Crippen LogP contribution < -0.4 is 11.2 Å². The van der Waals surface area contributed by atoms with E-state index in [9.17, 15) is 14.7 Å². The van der Waals surface area contributed by atoms with Crippen LogP contribution >= 0.6 is 15.9 Å². The van der Waals surface area contributed by atoms with Crippen LogP contribution in [-0.4, -0.2) is 80.8 Å². The van der Waals surface area contributed by atoms with Gasteiger partial charge in [-0.3, -0.25) is 29.5 Å². The number of nitrogens with zero attached hydrogens (tertiary/aromatic N) is 5. The summed E-state index contributed by atoms with van der Waals surface area (Å²) in [5, 5.41) is 11.2. The number of H-pyrrole nitrogens is 1. The Kier molecular flexibility index (Phi) is 5.05. The highest BCUT2D eigenvalue weighted by atomic mass is 79.9. The second-order valence-corrected chi connectivity index (χ2v) is 13.9. The largest absolute Gasteiger partial charge is 0.493 e. The molecule has 10 heteroatoms. The molecule has 5 heterocycles. The monoisotopic (exact) mass is 580 g/mol. The summed E-state index contributed by atoms with van der Waals surface area (Å²) in [6.07, 6.45) is 9.39. The topological polar surface area (TPSA) is 97.2 Å². The Hall–Kier alpha value is -2.27. The van der Waals surface area contributed by atoms with E-state index in [1.165, 1.54) is 54.9 Å². The zero-order chi connectivity index (χ0) is 25.8. The molecule has 0 unspecified atom stereocenters. The molecule has 200 valence electrons. The molecule has 4 aliphatic carbocycles. The quantitative estimate of drug-likeness (QED) is 0.539. The van der Waals surface area contributed by atoms with Crippen LogP contribution in [0.25, 0.3) is 5.69 Å².